The Labute approximate surface area is 100 Å². The lowest BCUT2D eigenvalue weighted by Gasteiger charge is -1.81. The first-order valence-corrected chi connectivity index (χ1v) is 6.38. The first kappa shape index (κ1) is 9.62. The largest absolute Gasteiger partial charge is 0.262 e. The van der Waals surface area contributed by atoms with Gasteiger partial charge in [0.05, 0.1) is 16.4 Å². The molecule has 3 aromatic heterocycles. The number of fused-ring (bicyclic) bond motifs is 1. The van der Waals surface area contributed by atoms with Crippen molar-refractivity contribution in [1.29, 1.82) is 0 Å². The SMILES string of the molecule is C(=C\c1nc2cnccc2s1)/c1cncs1. The van der Waals surface area contributed by atoms with E-state index in [9.17, 15) is 0 Å². The van der Waals surface area contributed by atoms with E-state index in [1.165, 1.54) is 4.70 Å². The summed E-state index contributed by atoms with van der Waals surface area (Å²) in [5.41, 5.74) is 2.78. The molecular weight excluding hydrogens is 238 g/mol. The molecule has 0 radical (unpaired) electrons. The first-order valence-electron chi connectivity index (χ1n) is 4.69. The van der Waals surface area contributed by atoms with Gasteiger partial charge in [-0.1, -0.05) is 0 Å². The van der Waals surface area contributed by atoms with Gasteiger partial charge in [0.15, 0.2) is 0 Å². The second-order valence-corrected chi connectivity index (χ2v) is 5.11. The highest BCUT2D eigenvalue weighted by Crippen LogP contribution is 2.22. The van der Waals surface area contributed by atoms with Crippen LogP contribution in [0.2, 0.25) is 0 Å². The number of rotatable bonds is 2. The Hall–Kier alpha value is -1.59. The number of nitrogens with zero attached hydrogens (tertiary/aromatic N) is 3. The number of pyridine rings is 1. The third-order valence-electron chi connectivity index (χ3n) is 2.05. The Morgan fingerprint density at radius 2 is 2.12 bits per heavy atom. The van der Waals surface area contributed by atoms with Gasteiger partial charge >= 0.3 is 0 Å². The van der Waals surface area contributed by atoms with E-state index in [0.29, 0.717) is 0 Å². The van der Waals surface area contributed by atoms with Gasteiger partial charge in [0.2, 0.25) is 0 Å². The Morgan fingerprint density at radius 3 is 2.94 bits per heavy atom. The van der Waals surface area contributed by atoms with Gasteiger partial charge in [-0.3, -0.25) is 9.97 Å². The summed E-state index contributed by atoms with van der Waals surface area (Å²) >= 11 is 3.28. The summed E-state index contributed by atoms with van der Waals surface area (Å²) in [7, 11) is 0. The highest BCUT2D eigenvalue weighted by atomic mass is 32.1. The van der Waals surface area contributed by atoms with E-state index in [1.54, 1.807) is 35.1 Å². The van der Waals surface area contributed by atoms with Crippen molar-refractivity contribution in [3.63, 3.8) is 0 Å². The van der Waals surface area contributed by atoms with Crippen molar-refractivity contribution in [1.82, 2.24) is 15.0 Å². The van der Waals surface area contributed by atoms with Gasteiger partial charge in [-0.15, -0.1) is 22.7 Å². The monoisotopic (exact) mass is 245 g/mol. The lowest BCUT2D eigenvalue weighted by Crippen LogP contribution is -1.70. The Kier molecular flexibility index (Phi) is 2.47. The zero-order chi connectivity index (χ0) is 10.8. The van der Waals surface area contributed by atoms with Gasteiger partial charge in [0, 0.05) is 17.3 Å². The summed E-state index contributed by atoms with van der Waals surface area (Å²) in [6.07, 6.45) is 9.46. The molecule has 0 fully saturated rings. The van der Waals surface area contributed by atoms with Crippen molar-refractivity contribution in [3.05, 3.63) is 40.1 Å². The molecule has 3 aromatic rings. The molecule has 0 aliphatic rings. The molecule has 0 saturated carbocycles. The second kappa shape index (κ2) is 4.11. The van der Waals surface area contributed by atoms with Gasteiger partial charge in [-0.2, -0.15) is 0 Å². The van der Waals surface area contributed by atoms with Crippen LogP contribution in [0.15, 0.2) is 30.2 Å². The molecule has 3 rings (SSSR count). The van der Waals surface area contributed by atoms with Crippen LogP contribution in [-0.2, 0) is 0 Å². The van der Waals surface area contributed by atoms with Crippen molar-refractivity contribution in [3.8, 4) is 0 Å². The third kappa shape index (κ3) is 1.87. The molecule has 0 unspecified atom stereocenters. The minimum atomic E-state index is 0.955. The maximum absolute atomic E-state index is 4.47. The molecule has 0 amide bonds. The number of thiazole rings is 2. The molecule has 16 heavy (non-hydrogen) atoms. The fraction of sp³-hybridized carbons (Fsp3) is 0. The molecule has 0 aliphatic heterocycles. The van der Waals surface area contributed by atoms with Crippen LogP contribution >= 0.6 is 22.7 Å². The molecule has 0 aromatic carbocycles. The highest BCUT2D eigenvalue weighted by molar-refractivity contribution is 7.19. The van der Waals surface area contributed by atoms with Crippen molar-refractivity contribution in [2.45, 2.75) is 0 Å². The molecule has 5 heteroatoms. The van der Waals surface area contributed by atoms with Crippen molar-refractivity contribution < 1.29 is 0 Å². The van der Waals surface area contributed by atoms with E-state index in [1.807, 2.05) is 29.9 Å². The molecule has 0 N–H and O–H groups in total. The van der Waals surface area contributed by atoms with Crippen LogP contribution in [0.1, 0.15) is 9.88 Å². The van der Waals surface area contributed by atoms with Crippen LogP contribution in [-0.4, -0.2) is 15.0 Å². The fourth-order valence-corrected chi connectivity index (χ4v) is 2.68. The minimum absolute atomic E-state index is 0.955. The summed E-state index contributed by atoms with van der Waals surface area (Å²) in [6, 6.07) is 1.98. The molecule has 0 spiro atoms. The maximum Gasteiger partial charge on any atom is 0.117 e. The topological polar surface area (TPSA) is 38.7 Å². The van der Waals surface area contributed by atoms with Gasteiger partial charge < -0.3 is 0 Å². The summed E-state index contributed by atoms with van der Waals surface area (Å²) in [5.74, 6) is 0. The van der Waals surface area contributed by atoms with Crippen molar-refractivity contribution in [2.24, 2.45) is 0 Å². The van der Waals surface area contributed by atoms with E-state index in [-0.39, 0.29) is 0 Å². The van der Waals surface area contributed by atoms with E-state index < -0.39 is 0 Å². The van der Waals surface area contributed by atoms with E-state index >= 15 is 0 Å². The number of hydrogen-bond acceptors (Lipinski definition) is 5. The lowest BCUT2D eigenvalue weighted by atomic mass is 10.4. The van der Waals surface area contributed by atoms with Crippen LogP contribution in [0, 0.1) is 0 Å². The average Bonchev–Trinajstić information content (AvgIpc) is 2.95. The Balaban J connectivity index is 1.95. The summed E-state index contributed by atoms with van der Waals surface area (Å²) in [5, 5.41) is 0.997. The summed E-state index contributed by atoms with van der Waals surface area (Å²) in [6.45, 7) is 0. The predicted octanol–water partition coefficient (Wildman–Crippen LogP) is 3.32. The molecule has 78 valence electrons. The van der Waals surface area contributed by atoms with Crippen LogP contribution in [0.5, 0.6) is 0 Å². The molecule has 0 aliphatic carbocycles. The number of hydrogen-bond donors (Lipinski definition) is 0. The van der Waals surface area contributed by atoms with Gasteiger partial charge in [-0.05, 0) is 18.2 Å². The Morgan fingerprint density at radius 1 is 1.12 bits per heavy atom. The van der Waals surface area contributed by atoms with E-state index in [0.717, 1.165) is 15.4 Å². The van der Waals surface area contributed by atoms with Crippen LogP contribution in [0.3, 0.4) is 0 Å². The summed E-state index contributed by atoms with van der Waals surface area (Å²) in [4.78, 5) is 13.7. The van der Waals surface area contributed by atoms with Crippen LogP contribution < -0.4 is 0 Å². The quantitative estimate of drug-likeness (QED) is 0.695. The van der Waals surface area contributed by atoms with Crippen molar-refractivity contribution in [2.75, 3.05) is 0 Å². The lowest BCUT2D eigenvalue weighted by molar-refractivity contribution is 1.33. The zero-order valence-electron chi connectivity index (χ0n) is 8.20. The standard InChI is InChI=1S/C11H7N3S2/c1(8-5-13-7-15-8)2-11-14-9-6-12-4-3-10(9)16-11/h1-7H/b2-1+. The Bertz CT molecular complexity index is 593. The first-order chi connectivity index (χ1) is 7.92. The highest BCUT2D eigenvalue weighted by Gasteiger charge is 1.99. The maximum atomic E-state index is 4.47. The molecule has 0 saturated heterocycles. The minimum Gasteiger partial charge on any atom is -0.262 e. The average molecular weight is 245 g/mol. The number of aromatic nitrogens is 3. The van der Waals surface area contributed by atoms with E-state index in [4.69, 9.17) is 0 Å². The van der Waals surface area contributed by atoms with Crippen molar-refractivity contribution >= 4 is 45.0 Å². The predicted molar refractivity (Wildman–Crippen MR) is 68.5 cm³/mol. The smallest absolute Gasteiger partial charge is 0.117 e. The van der Waals surface area contributed by atoms with Crippen LogP contribution in [0.4, 0.5) is 0 Å². The molecular formula is C11H7N3S2. The third-order valence-corrected chi connectivity index (χ3v) is 3.79. The molecule has 3 nitrogen and oxygen atoms in total. The molecule has 3 heterocycles. The van der Waals surface area contributed by atoms with Gasteiger partial charge in [0.25, 0.3) is 0 Å². The van der Waals surface area contributed by atoms with Gasteiger partial charge in [0.1, 0.15) is 10.5 Å². The van der Waals surface area contributed by atoms with E-state index in [2.05, 4.69) is 15.0 Å². The van der Waals surface area contributed by atoms with Crippen LogP contribution in [0.25, 0.3) is 22.4 Å². The molecule has 0 bridgehead atoms. The van der Waals surface area contributed by atoms with Gasteiger partial charge in [-0.25, -0.2) is 4.98 Å². The normalized spacial score (nSPS) is 11.5. The molecule has 0 atom stereocenters. The fourth-order valence-electron chi connectivity index (χ4n) is 1.33. The summed E-state index contributed by atoms with van der Waals surface area (Å²) < 4.78 is 1.17. The zero-order valence-corrected chi connectivity index (χ0v) is 9.83. The second-order valence-electron chi connectivity index (χ2n) is 3.13.